The van der Waals surface area contributed by atoms with Gasteiger partial charge in [0.1, 0.15) is 11.5 Å². The fourth-order valence-electron chi connectivity index (χ4n) is 3.03. The van der Waals surface area contributed by atoms with E-state index in [2.05, 4.69) is 15.5 Å². The van der Waals surface area contributed by atoms with Crippen molar-refractivity contribution in [1.82, 2.24) is 4.98 Å². The van der Waals surface area contributed by atoms with Crippen molar-refractivity contribution in [3.8, 4) is 5.75 Å². The van der Waals surface area contributed by atoms with Crippen LogP contribution in [0.4, 0.5) is 5.69 Å². The Bertz CT molecular complexity index is 973. The fourth-order valence-corrected chi connectivity index (χ4v) is 3.03. The largest absolute Gasteiger partial charge is 0.493 e. The number of pyridine rings is 1. The van der Waals surface area contributed by atoms with Crippen LogP contribution < -0.4 is 10.1 Å². The summed E-state index contributed by atoms with van der Waals surface area (Å²) in [5.74, 6) is 0.498. The number of hydrogen-bond donors (Lipinski definition) is 1. The highest BCUT2D eigenvalue weighted by molar-refractivity contribution is 6.43. The Kier molecular flexibility index (Phi) is 5.81. The Balaban J connectivity index is 1.26. The molecule has 1 aliphatic heterocycles. The number of nitrogens with zero attached hydrogens (tertiary/aromatic N) is 2. The van der Waals surface area contributed by atoms with Crippen molar-refractivity contribution in [2.24, 2.45) is 5.16 Å². The van der Waals surface area contributed by atoms with Gasteiger partial charge in [0.15, 0.2) is 6.10 Å². The molecule has 0 unspecified atom stereocenters. The molecule has 0 saturated heterocycles. The van der Waals surface area contributed by atoms with Crippen LogP contribution in [0, 0.1) is 0 Å². The van der Waals surface area contributed by atoms with Gasteiger partial charge in [0.2, 0.25) is 0 Å². The van der Waals surface area contributed by atoms with Gasteiger partial charge in [0.25, 0.3) is 5.91 Å². The zero-order valence-corrected chi connectivity index (χ0v) is 15.8. The van der Waals surface area contributed by atoms with Crippen molar-refractivity contribution in [2.45, 2.75) is 18.9 Å². The van der Waals surface area contributed by atoms with Gasteiger partial charge in [-0.15, -0.1) is 0 Å². The summed E-state index contributed by atoms with van der Waals surface area (Å²) >= 11 is 0. The van der Waals surface area contributed by atoms with E-state index < -0.39 is 0 Å². The van der Waals surface area contributed by atoms with Crippen LogP contribution >= 0.6 is 0 Å². The van der Waals surface area contributed by atoms with Crippen molar-refractivity contribution in [2.75, 3.05) is 11.9 Å². The highest BCUT2D eigenvalue weighted by Crippen LogP contribution is 2.27. The zero-order chi connectivity index (χ0) is 19.9. The maximum absolute atomic E-state index is 12.4. The summed E-state index contributed by atoms with van der Waals surface area (Å²) < 4.78 is 5.76. The number of hydrogen-bond acceptors (Lipinski definition) is 5. The minimum Gasteiger partial charge on any atom is -0.493 e. The number of amides is 1. The van der Waals surface area contributed by atoms with Crippen molar-refractivity contribution in [3.63, 3.8) is 0 Å². The lowest BCUT2D eigenvalue weighted by Crippen LogP contribution is -2.21. The lowest BCUT2D eigenvalue weighted by Gasteiger charge is -2.09. The van der Waals surface area contributed by atoms with Crippen LogP contribution in [-0.2, 0) is 16.1 Å². The maximum atomic E-state index is 12.4. The number of carbonyl (C=O) groups is 1. The predicted molar refractivity (Wildman–Crippen MR) is 111 cm³/mol. The first kappa shape index (κ1) is 18.7. The Hall–Kier alpha value is -3.67. The average Bonchev–Trinajstić information content (AvgIpc) is 3.27. The van der Waals surface area contributed by atoms with Gasteiger partial charge in [-0.1, -0.05) is 35.5 Å². The van der Waals surface area contributed by atoms with Crippen LogP contribution in [0.3, 0.4) is 0 Å². The average molecular weight is 387 g/mol. The molecule has 1 N–H and O–H groups in total. The molecule has 1 atom stereocenters. The maximum Gasteiger partial charge on any atom is 0.273 e. The second kappa shape index (κ2) is 9.01. The lowest BCUT2D eigenvalue weighted by molar-refractivity contribution is -0.110. The van der Waals surface area contributed by atoms with E-state index in [0.717, 1.165) is 17.7 Å². The van der Waals surface area contributed by atoms with Crippen molar-refractivity contribution in [1.29, 1.82) is 0 Å². The third-order valence-corrected chi connectivity index (χ3v) is 4.62. The molecule has 1 amide bonds. The van der Waals surface area contributed by atoms with E-state index in [0.29, 0.717) is 24.4 Å². The van der Waals surface area contributed by atoms with Crippen LogP contribution in [0.25, 0.3) is 0 Å². The van der Waals surface area contributed by atoms with Gasteiger partial charge in [-0.2, -0.15) is 0 Å². The van der Waals surface area contributed by atoms with Crippen LogP contribution in [0.2, 0.25) is 0 Å². The summed E-state index contributed by atoms with van der Waals surface area (Å²) in [7, 11) is 0. The van der Waals surface area contributed by atoms with Gasteiger partial charge in [-0.05, 0) is 47.5 Å². The summed E-state index contributed by atoms with van der Waals surface area (Å²) in [6.07, 6.45) is 4.59. The molecule has 0 radical (unpaired) electrons. The summed E-state index contributed by atoms with van der Waals surface area (Å²) in [6.45, 7) is 0.574. The SMILES string of the molecule is O=C(Nc1ccc(OCCc2ccncc2)cc1)C1=NO[C@H](c2ccccc2)C1. The van der Waals surface area contributed by atoms with Gasteiger partial charge in [-0.25, -0.2) is 0 Å². The van der Waals surface area contributed by atoms with E-state index >= 15 is 0 Å². The second-order valence-corrected chi connectivity index (χ2v) is 6.68. The first-order valence-corrected chi connectivity index (χ1v) is 9.49. The first-order chi connectivity index (χ1) is 14.3. The third kappa shape index (κ3) is 4.99. The first-order valence-electron chi connectivity index (χ1n) is 9.49. The Labute approximate surface area is 169 Å². The third-order valence-electron chi connectivity index (χ3n) is 4.62. The molecule has 146 valence electrons. The van der Waals surface area contributed by atoms with Gasteiger partial charge in [-0.3, -0.25) is 9.78 Å². The molecular weight excluding hydrogens is 366 g/mol. The molecule has 2 heterocycles. The van der Waals surface area contributed by atoms with E-state index in [1.807, 2.05) is 66.7 Å². The number of ether oxygens (including phenoxy) is 1. The van der Waals surface area contributed by atoms with Crippen molar-refractivity contribution < 1.29 is 14.4 Å². The molecule has 2 aromatic carbocycles. The van der Waals surface area contributed by atoms with Gasteiger partial charge in [0, 0.05) is 30.9 Å². The summed E-state index contributed by atoms with van der Waals surface area (Å²) in [4.78, 5) is 21.9. The quantitative estimate of drug-likeness (QED) is 0.661. The smallest absolute Gasteiger partial charge is 0.273 e. The molecule has 1 aliphatic rings. The molecule has 0 fully saturated rings. The van der Waals surface area contributed by atoms with Gasteiger partial charge >= 0.3 is 0 Å². The topological polar surface area (TPSA) is 72.8 Å². The highest BCUT2D eigenvalue weighted by atomic mass is 16.6. The molecule has 0 spiro atoms. The molecule has 4 rings (SSSR count). The van der Waals surface area contributed by atoms with Gasteiger partial charge < -0.3 is 14.9 Å². The molecule has 0 saturated carbocycles. The van der Waals surface area contributed by atoms with Crippen LogP contribution in [0.15, 0.2) is 84.3 Å². The van der Waals surface area contributed by atoms with Crippen LogP contribution in [0.5, 0.6) is 5.75 Å². The summed E-state index contributed by atoms with van der Waals surface area (Å²) in [5, 5.41) is 6.80. The number of carbonyl (C=O) groups excluding carboxylic acids is 1. The number of rotatable bonds is 7. The van der Waals surface area contributed by atoms with E-state index in [1.165, 1.54) is 5.56 Å². The molecule has 6 nitrogen and oxygen atoms in total. The second-order valence-electron chi connectivity index (χ2n) is 6.68. The number of nitrogens with one attached hydrogen (secondary N) is 1. The molecule has 29 heavy (non-hydrogen) atoms. The number of benzene rings is 2. The minimum absolute atomic E-state index is 0.215. The number of oxime groups is 1. The van der Waals surface area contributed by atoms with Crippen molar-refractivity contribution >= 4 is 17.3 Å². The highest BCUT2D eigenvalue weighted by Gasteiger charge is 2.27. The Morgan fingerprint density at radius 3 is 2.55 bits per heavy atom. The molecule has 0 aliphatic carbocycles. The normalized spacial score (nSPS) is 15.3. The zero-order valence-electron chi connectivity index (χ0n) is 15.8. The predicted octanol–water partition coefficient (Wildman–Crippen LogP) is 4.16. The summed E-state index contributed by atoms with van der Waals surface area (Å²) in [5.41, 5.74) is 3.25. The molecular formula is C23H21N3O3. The van der Waals surface area contributed by atoms with Crippen molar-refractivity contribution in [3.05, 3.63) is 90.3 Å². The monoisotopic (exact) mass is 387 g/mol. The minimum atomic E-state index is -0.255. The summed E-state index contributed by atoms with van der Waals surface area (Å²) in [6, 6.07) is 21.0. The number of anilines is 1. The van der Waals surface area contributed by atoms with E-state index in [9.17, 15) is 4.79 Å². The molecule has 6 heteroatoms. The van der Waals surface area contributed by atoms with Crippen LogP contribution in [0.1, 0.15) is 23.7 Å². The van der Waals surface area contributed by atoms with E-state index in [4.69, 9.17) is 9.57 Å². The van der Waals surface area contributed by atoms with E-state index in [-0.39, 0.29) is 12.0 Å². The molecule has 0 bridgehead atoms. The Morgan fingerprint density at radius 1 is 1.03 bits per heavy atom. The molecule has 3 aromatic rings. The van der Waals surface area contributed by atoms with Crippen LogP contribution in [-0.4, -0.2) is 23.2 Å². The molecule has 1 aromatic heterocycles. The Morgan fingerprint density at radius 2 is 1.79 bits per heavy atom. The van der Waals surface area contributed by atoms with E-state index in [1.54, 1.807) is 12.4 Å². The number of aromatic nitrogens is 1. The fraction of sp³-hybridized carbons (Fsp3) is 0.174. The standard InChI is InChI=1S/C23H21N3O3/c27-23(21-16-22(29-26-21)18-4-2-1-3-5-18)25-19-6-8-20(9-7-19)28-15-12-17-10-13-24-14-11-17/h1-11,13-14,22H,12,15-16H2,(H,25,27)/t22-/m0/s1. The van der Waals surface area contributed by atoms with Gasteiger partial charge in [0.05, 0.1) is 6.61 Å². The lowest BCUT2D eigenvalue weighted by atomic mass is 10.0.